The van der Waals surface area contributed by atoms with E-state index in [1.807, 2.05) is 42.5 Å². The van der Waals surface area contributed by atoms with Crippen LogP contribution in [0.25, 0.3) is 22.2 Å². The molecule has 5 rings (SSSR count). The quantitative estimate of drug-likeness (QED) is 0.565. The number of carbonyl (C=O) groups excluding carboxylic acids is 1. The van der Waals surface area contributed by atoms with Crippen molar-refractivity contribution < 1.29 is 14.1 Å². The van der Waals surface area contributed by atoms with E-state index in [2.05, 4.69) is 28.4 Å². The maximum absolute atomic E-state index is 12.5. The first-order chi connectivity index (χ1) is 13.7. The molecule has 0 aliphatic carbocycles. The molecule has 6 heteroatoms. The minimum Gasteiger partial charge on any atom is -0.490 e. The average Bonchev–Trinajstić information content (AvgIpc) is 3.42. The van der Waals surface area contributed by atoms with Crippen LogP contribution in [-0.4, -0.2) is 22.2 Å². The number of aromatic amines is 1. The lowest BCUT2D eigenvalue weighted by Crippen LogP contribution is -2.22. The van der Waals surface area contributed by atoms with E-state index in [4.69, 9.17) is 9.26 Å². The Labute approximate surface area is 161 Å². The Morgan fingerprint density at radius 1 is 1.25 bits per heavy atom. The van der Waals surface area contributed by atoms with Crippen LogP contribution >= 0.6 is 0 Å². The summed E-state index contributed by atoms with van der Waals surface area (Å²) >= 11 is 0. The maximum Gasteiger partial charge on any atom is 0.253 e. The zero-order chi connectivity index (χ0) is 19.1. The number of benzene rings is 2. The van der Waals surface area contributed by atoms with E-state index in [1.54, 1.807) is 6.20 Å². The summed E-state index contributed by atoms with van der Waals surface area (Å²) in [6.45, 7) is 2.36. The smallest absolute Gasteiger partial charge is 0.253 e. The summed E-state index contributed by atoms with van der Waals surface area (Å²) in [4.78, 5) is 15.6. The highest BCUT2D eigenvalue weighted by atomic mass is 16.5. The first-order valence-electron chi connectivity index (χ1n) is 9.27. The van der Waals surface area contributed by atoms with Crippen molar-refractivity contribution in [2.45, 2.75) is 26.0 Å². The van der Waals surface area contributed by atoms with Gasteiger partial charge in [0.2, 0.25) is 0 Å². The molecule has 0 bridgehead atoms. The van der Waals surface area contributed by atoms with Gasteiger partial charge in [-0.1, -0.05) is 23.4 Å². The predicted molar refractivity (Wildman–Crippen MR) is 105 cm³/mol. The Balaban J connectivity index is 1.29. The van der Waals surface area contributed by atoms with Crippen LogP contribution in [0.2, 0.25) is 0 Å². The second-order valence-electron chi connectivity index (χ2n) is 7.07. The molecule has 2 aromatic carbocycles. The van der Waals surface area contributed by atoms with E-state index in [-0.39, 0.29) is 12.0 Å². The number of aromatic nitrogens is 2. The van der Waals surface area contributed by atoms with Gasteiger partial charge in [0.15, 0.2) is 5.76 Å². The van der Waals surface area contributed by atoms with Gasteiger partial charge in [-0.2, -0.15) is 0 Å². The monoisotopic (exact) mass is 373 g/mol. The Morgan fingerprint density at radius 2 is 2.14 bits per heavy atom. The van der Waals surface area contributed by atoms with Crippen LogP contribution in [0, 0.1) is 0 Å². The van der Waals surface area contributed by atoms with E-state index in [0.29, 0.717) is 23.6 Å². The van der Waals surface area contributed by atoms with E-state index < -0.39 is 0 Å². The van der Waals surface area contributed by atoms with Gasteiger partial charge in [0, 0.05) is 35.2 Å². The fraction of sp³-hybridized carbons (Fsp3) is 0.182. The van der Waals surface area contributed by atoms with E-state index in [1.165, 1.54) is 5.56 Å². The number of ether oxygens (including phenoxy) is 1. The molecule has 4 aromatic rings. The molecule has 3 heterocycles. The normalized spacial score (nSPS) is 15.4. The number of nitrogens with zero attached hydrogens (tertiary/aromatic N) is 1. The number of amides is 1. The van der Waals surface area contributed by atoms with Gasteiger partial charge in [0.25, 0.3) is 5.91 Å². The lowest BCUT2D eigenvalue weighted by Gasteiger charge is -2.02. The Kier molecular flexibility index (Phi) is 3.90. The molecule has 2 aromatic heterocycles. The molecular weight excluding hydrogens is 354 g/mol. The SMILES string of the molecule is C[C@@H]1Cc2cc(-c3cc(CNC(=O)c4c[nH]c5ccccc45)no3)ccc2O1. The summed E-state index contributed by atoms with van der Waals surface area (Å²) in [6, 6.07) is 15.6. The van der Waals surface area contributed by atoms with Crippen molar-refractivity contribution >= 4 is 16.8 Å². The maximum atomic E-state index is 12.5. The van der Waals surface area contributed by atoms with Crippen molar-refractivity contribution in [1.29, 1.82) is 0 Å². The third-order valence-electron chi connectivity index (χ3n) is 5.00. The largest absolute Gasteiger partial charge is 0.490 e. The molecule has 6 nitrogen and oxygen atoms in total. The van der Waals surface area contributed by atoms with E-state index in [0.717, 1.165) is 28.6 Å². The molecule has 1 atom stereocenters. The first kappa shape index (κ1) is 16.6. The zero-order valence-electron chi connectivity index (χ0n) is 15.4. The highest BCUT2D eigenvalue weighted by molar-refractivity contribution is 6.06. The number of hydrogen-bond acceptors (Lipinski definition) is 4. The molecule has 140 valence electrons. The molecule has 0 fully saturated rings. The lowest BCUT2D eigenvalue weighted by molar-refractivity contribution is 0.0952. The topological polar surface area (TPSA) is 80.2 Å². The van der Waals surface area contributed by atoms with Crippen molar-refractivity contribution in [3.63, 3.8) is 0 Å². The van der Waals surface area contributed by atoms with Gasteiger partial charge < -0.3 is 19.6 Å². The van der Waals surface area contributed by atoms with Crippen LogP contribution in [0.15, 0.2) is 59.3 Å². The fourth-order valence-electron chi connectivity index (χ4n) is 3.63. The van der Waals surface area contributed by atoms with Crippen LogP contribution in [0.1, 0.15) is 28.5 Å². The summed E-state index contributed by atoms with van der Waals surface area (Å²) in [5.74, 6) is 1.46. The summed E-state index contributed by atoms with van der Waals surface area (Å²) < 4.78 is 11.2. The minimum atomic E-state index is -0.148. The number of para-hydroxylation sites is 1. The van der Waals surface area contributed by atoms with Gasteiger partial charge in [0.1, 0.15) is 17.5 Å². The third-order valence-corrected chi connectivity index (χ3v) is 5.00. The summed E-state index contributed by atoms with van der Waals surface area (Å²) in [5, 5.41) is 7.89. The molecule has 2 N–H and O–H groups in total. The summed E-state index contributed by atoms with van der Waals surface area (Å²) in [6.07, 6.45) is 2.82. The van der Waals surface area contributed by atoms with Crippen LogP contribution < -0.4 is 10.1 Å². The fourth-order valence-corrected chi connectivity index (χ4v) is 3.63. The van der Waals surface area contributed by atoms with Crippen molar-refractivity contribution in [3.8, 4) is 17.1 Å². The van der Waals surface area contributed by atoms with Crippen molar-refractivity contribution in [3.05, 3.63) is 71.5 Å². The van der Waals surface area contributed by atoms with Gasteiger partial charge in [-0.15, -0.1) is 0 Å². The lowest BCUT2D eigenvalue weighted by atomic mass is 10.1. The molecule has 1 aliphatic heterocycles. The molecule has 0 saturated heterocycles. The number of H-pyrrole nitrogens is 1. The van der Waals surface area contributed by atoms with Crippen molar-refractivity contribution in [2.24, 2.45) is 0 Å². The molecular formula is C22H19N3O3. The number of fused-ring (bicyclic) bond motifs is 2. The van der Waals surface area contributed by atoms with Gasteiger partial charge in [-0.25, -0.2) is 0 Å². The molecule has 0 spiro atoms. The first-order valence-corrected chi connectivity index (χ1v) is 9.27. The Hall–Kier alpha value is -3.54. The molecule has 0 radical (unpaired) electrons. The van der Waals surface area contributed by atoms with Crippen molar-refractivity contribution in [1.82, 2.24) is 15.5 Å². The van der Waals surface area contributed by atoms with Crippen LogP contribution in [0.4, 0.5) is 0 Å². The zero-order valence-corrected chi connectivity index (χ0v) is 15.4. The second-order valence-corrected chi connectivity index (χ2v) is 7.07. The van der Waals surface area contributed by atoms with E-state index >= 15 is 0 Å². The number of hydrogen-bond donors (Lipinski definition) is 2. The van der Waals surface area contributed by atoms with Gasteiger partial charge in [-0.3, -0.25) is 4.79 Å². The number of carbonyl (C=O) groups is 1. The summed E-state index contributed by atoms with van der Waals surface area (Å²) in [5.41, 5.74) is 4.36. The van der Waals surface area contributed by atoms with Gasteiger partial charge in [-0.05, 0) is 36.8 Å². The van der Waals surface area contributed by atoms with E-state index in [9.17, 15) is 4.79 Å². The molecule has 0 unspecified atom stereocenters. The Morgan fingerprint density at radius 3 is 3.07 bits per heavy atom. The van der Waals surface area contributed by atoms with Crippen LogP contribution in [-0.2, 0) is 13.0 Å². The molecule has 1 aliphatic rings. The van der Waals surface area contributed by atoms with Crippen LogP contribution in [0.5, 0.6) is 5.75 Å². The average molecular weight is 373 g/mol. The van der Waals surface area contributed by atoms with Gasteiger partial charge in [0.05, 0.1) is 12.1 Å². The minimum absolute atomic E-state index is 0.148. The van der Waals surface area contributed by atoms with Gasteiger partial charge >= 0.3 is 0 Å². The number of rotatable bonds is 4. The molecule has 0 saturated carbocycles. The number of nitrogens with one attached hydrogen (secondary N) is 2. The van der Waals surface area contributed by atoms with Crippen LogP contribution in [0.3, 0.4) is 0 Å². The predicted octanol–water partition coefficient (Wildman–Crippen LogP) is 4.08. The molecule has 1 amide bonds. The summed E-state index contributed by atoms with van der Waals surface area (Å²) in [7, 11) is 0. The second kappa shape index (κ2) is 6.56. The highest BCUT2D eigenvalue weighted by Gasteiger charge is 2.20. The third kappa shape index (κ3) is 2.93. The Bertz CT molecular complexity index is 1170. The standard InChI is InChI=1S/C22H19N3O3/c1-13-8-15-9-14(6-7-20(15)27-13)21-10-16(25-28-21)11-24-22(26)18-12-23-19-5-3-2-4-17(18)19/h2-7,9-10,12-13,23H,8,11H2,1H3,(H,24,26)/t13-/m1/s1. The van der Waals surface area contributed by atoms with Crippen molar-refractivity contribution in [2.75, 3.05) is 0 Å². The molecule has 28 heavy (non-hydrogen) atoms. The highest BCUT2D eigenvalue weighted by Crippen LogP contribution is 2.33.